The molecule has 1 fully saturated rings. The highest BCUT2D eigenvalue weighted by molar-refractivity contribution is 7.86. The summed E-state index contributed by atoms with van der Waals surface area (Å²) in [4.78, 5) is 0. The van der Waals surface area contributed by atoms with Crippen LogP contribution in [-0.2, 0) is 10.8 Å². The second-order valence-electron chi connectivity index (χ2n) is 5.15. The lowest BCUT2D eigenvalue weighted by Gasteiger charge is -2.24. The molecule has 15 heavy (non-hydrogen) atoms. The Balaban J connectivity index is 2.62. The quantitative estimate of drug-likeness (QED) is 0.803. The molecule has 0 radical (unpaired) electrons. The van der Waals surface area contributed by atoms with Gasteiger partial charge in [-0.2, -0.15) is 0 Å². The van der Waals surface area contributed by atoms with E-state index in [2.05, 4.69) is 33.0 Å². The molecule has 5 atom stereocenters. The van der Waals surface area contributed by atoms with Crippen LogP contribution in [0.1, 0.15) is 40.5 Å². The van der Waals surface area contributed by atoms with Crippen molar-refractivity contribution in [2.24, 2.45) is 11.8 Å². The first-order valence-electron chi connectivity index (χ1n) is 6.05. The molecule has 0 bridgehead atoms. The lowest BCUT2D eigenvalue weighted by atomic mass is 10.1. The third kappa shape index (κ3) is 2.82. The Bertz CT molecular complexity index is 230. The summed E-state index contributed by atoms with van der Waals surface area (Å²) in [6.07, 6.45) is 2.30. The molecule has 1 aliphatic carbocycles. The van der Waals surface area contributed by atoms with Gasteiger partial charge >= 0.3 is 0 Å². The van der Waals surface area contributed by atoms with Gasteiger partial charge in [-0.25, -0.2) is 0 Å². The molecule has 5 unspecified atom stereocenters. The van der Waals surface area contributed by atoms with Gasteiger partial charge in [-0.3, -0.25) is 4.21 Å². The van der Waals surface area contributed by atoms with Crippen LogP contribution in [0.25, 0.3) is 0 Å². The maximum Gasteiger partial charge on any atom is 0.0391 e. The lowest BCUT2D eigenvalue weighted by molar-refractivity contribution is 0.458. The summed E-state index contributed by atoms with van der Waals surface area (Å²) in [5, 5.41) is 4.06. The summed E-state index contributed by atoms with van der Waals surface area (Å²) in [5.74, 6) is 1.07. The Morgan fingerprint density at radius 1 is 1.27 bits per heavy atom. The van der Waals surface area contributed by atoms with Crippen LogP contribution in [-0.4, -0.2) is 27.8 Å². The van der Waals surface area contributed by atoms with Crippen molar-refractivity contribution in [3.05, 3.63) is 0 Å². The van der Waals surface area contributed by atoms with Crippen LogP contribution in [0.15, 0.2) is 0 Å². The van der Waals surface area contributed by atoms with Gasteiger partial charge in [0, 0.05) is 27.3 Å². The van der Waals surface area contributed by atoms with E-state index in [1.165, 1.54) is 6.42 Å². The van der Waals surface area contributed by atoms with Crippen LogP contribution in [0.3, 0.4) is 0 Å². The van der Waals surface area contributed by atoms with Gasteiger partial charge in [0.25, 0.3) is 0 Å². The fourth-order valence-corrected chi connectivity index (χ4v) is 4.48. The van der Waals surface area contributed by atoms with Crippen molar-refractivity contribution in [1.82, 2.24) is 5.32 Å². The number of hydrogen-bond donors (Lipinski definition) is 1. The minimum Gasteiger partial charge on any atom is -0.317 e. The van der Waals surface area contributed by atoms with Gasteiger partial charge < -0.3 is 5.32 Å². The summed E-state index contributed by atoms with van der Waals surface area (Å²) >= 11 is 0. The van der Waals surface area contributed by atoms with Crippen LogP contribution in [0.2, 0.25) is 0 Å². The highest BCUT2D eigenvalue weighted by atomic mass is 32.2. The molecule has 3 heteroatoms. The van der Waals surface area contributed by atoms with Gasteiger partial charge in [-0.15, -0.1) is 0 Å². The van der Waals surface area contributed by atoms with E-state index >= 15 is 0 Å². The number of hydrogen-bond acceptors (Lipinski definition) is 2. The van der Waals surface area contributed by atoms with Gasteiger partial charge in [-0.05, 0) is 31.7 Å². The largest absolute Gasteiger partial charge is 0.317 e. The molecule has 0 saturated heterocycles. The lowest BCUT2D eigenvalue weighted by Crippen LogP contribution is -2.35. The second-order valence-corrected chi connectivity index (χ2v) is 7.15. The third-order valence-corrected chi connectivity index (χ3v) is 6.50. The van der Waals surface area contributed by atoms with Crippen molar-refractivity contribution in [3.63, 3.8) is 0 Å². The Morgan fingerprint density at radius 2 is 1.87 bits per heavy atom. The normalized spacial score (nSPS) is 35.7. The molecule has 2 nitrogen and oxygen atoms in total. The van der Waals surface area contributed by atoms with Crippen molar-refractivity contribution in [1.29, 1.82) is 0 Å². The smallest absolute Gasteiger partial charge is 0.0391 e. The van der Waals surface area contributed by atoms with Crippen molar-refractivity contribution in [2.75, 3.05) is 7.05 Å². The zero-order valence-electron chi connectivity index (χ0n) is 10.6. The van der Waals surface area contributed by atoms with Gasteiger partial charge in [-0.1, -0.05) is 27.7 Å². The first-order chi connectivity index (χ1) is 6.99. The monoisotopic (exact) mass is 231 g/mol. The standard InChI is InChI=1S/C12H25NOS/c1-8(2)10(4)15(14)12-7-6-11(13-5)9(12)3/h8-13H,6-7H2,1-5H3. The van der Waals surface area contributed by atoms with Crippen LogP contribution in [0, 0.1) is 11.8 Å². The summed E-state index contributed by atoms with van der Waals surface area (Å²) in [7, 11) is 1.35. The maximum absolute atomic E-state index is 12.3. The molecular formula is C12H25NOS. The predicted octanol–water partition coefficient (Wildman–Crippen LogP) is 2.17. The molecule has 0 aliphatic heterocycles. The molecule has 0 aromatic rings. The van der Waals surface area contributed by atoms with Crippen LogP contribution >= 0.6 is 0 Å². The van der Waals surface area contributed by atoms with Crippen molar-refractivity contribution >= 4 is 10.8 Å². The topological polar surface area (TPSA) is 29.1 Å². The highest BCUT2D eigenvalue weighted by Gasteiger charge is 2.37. The van der Waals surface area contributed by atoms with Crippen LogP contribution in [0.5, 0.6) is 0 Å². The van der Waals surface area contributed by atoms with Gasteiger partial charge in [0.15, 0.2) is 0 Å². The molecule has 0 spiro atoms. The average molecular weight is 231 g/mol. The molecule has 1 saturated carbocycles. The third-order valence-electron chi connectivity index (χ3n) is 3.96. The molecule has 0 aromatic carbocycles. The molecule has 90 valence electrons. The average Bonchev–Trinajstić information content (AvgIpc) is 2.57. The van der Waals surface area contributed by atoms with Gasteiger partial charge in [0.05, 0.1) is 0 Å². The van der Waals surface area contributed by atoms with Crippen LogP contribution in [0.4, 0.5) is 0 Å². The molecule has 0 aromatic heterocycles. The van der Waals surface area contributed by atoms with E-state index in [1.807, 2.05) is 7.05 Å². The molecule has 1 rings (SSSR count). The molecule has 1 aliphatic rings. The predicted molar refractivity (Wildman–Crippen MR) is 67.5 cm³/mol. The fourth-order valence-electron chi connectivity index (χ4n) is 2.41. The van der Waals surface area contributed by atoms with E-state index in [9.17, 15) is 4.21 Å². The first-order valence-corrected chi connectivity index (χ1v) is 7.33. The zero-order chi connectivity index (χ0) is 11.6. The summed E-state index contributed by atoms with van der Waals surface area (Å²) in [5.41, 5.74) is 0. The molecule has 0 heterocycles. The SMILES string of the molecule is CNC1CCC(S(=O)C(C)C(C)C)C1C. The Morgan fingerprint density at radius 3 is 2.27 bits per heavy atom. The number of nitrogens with one attached hydrogen (secondary N) is 1. The minimum atomic E-state index is -0.663. The van der Waals surface area contributed by atoms with Crippen molar-refractivity contribution in [3.8, 4) is 0 Å². The zero-order valence-corrected chi connectivity index (χ0v) is 11.4. The van der Waals surface area contributed by atoms with Gasteiger partial charge in [0.2, 0.25) is 0 Å². The highest BCUT2D eigenvalue weighted by Crippen LogP contribution is 2.32. The summed E-state index contributed by atoms with van der Waals surface area (Å²) < 4.78 is 12.3. The first kappa shape index (κ1) is 13.2. The number of rotatable bonds is 4. The van der Waals surface area contributed by atoms with Crippen molar-refractivity contribution in [2.45, 2.75) is 57.1 Å². The maximum atomic E-state index is 12.3. The van der Waals surface area contributed by atoms with E-state index in [-0.39, 0.29) is 0 Å². The fraction of sp³-hybridized carbons (Fsp3) is 1.00. The summed E-state index contributed by atoms with van der Waals surface area (Å²) in [6.45, 7) is 8.69. The van der Waals surface area contributed by atoms with Crippen LogP contribution < -0.4 is 5.32 Å². The Hall–Kier alpha value is 0.110. The van der Waals surface area contributed by atoms with Gasteiger partial charge in [0.1, 0.15) is 0 Å². The van der Waals surface area contributed by atoms with E-state index in [4.69, 9.17) is 0 Å². The van der Waals surface area contributed by atoms with E-state index < -0.39 is 10.8 Å². The summed E-state index contributed by atoms with van der Waals surface area (Å²) in [6, 6.07) is 0.568. The van der Waals surface area contributed by atoms with E-state index in [1.54, 1.807) is 0 Å². The van der Waals surface area contributed by atoms with Crippen molar-refractivity contribution < 1.29 is 4.21 Å². The minimum absolute atomic E-state index is 0.327. The van der Waals surface area contributed by atoms with E-state index in [0.29, 0.717) is 28.4 Å². The van der Waals surface area contributed by atoms with E-state index in [0.717, 1.165) is 6.42 Å². The molecule has 0 amide bonds. The Labute approximate surface area is 96.7 Å². The Kier molecular flexibility index (Phi) is 4.78. The second kappa shape index (κ2) is 5.44. The molecule has 1 N–H and O–H groups in total. The molecular weight excluding hydrogens is 206 g/mol.